The zero-order valence-electron chi connectivity index (χ0n) is 11.5. The maximum Gasteiger partial charge on any atom is 0.307 e. The van der Waals surface area contributed by atoms with Gasteiger partial charge in [-0.2, -0.15) is 0 Å². The lowest BCUT2D eigenvalue weighted by Crippen LogP contribution is -2.29. The van der Waals surface area contributed by atoms with Crippen molar-refractivity contribution < 1.29 is 9.53 Å². The minimum Gasteiger partial charge on any atom is -0.469 e. The zero-order valence-corrected chi connectivity index (χ0v) is 11.5. The molecule has 0 aromatic heterocycles. The summed E-state index contributed by atoms with van der Waals surface area (Å²) in [6.45, 7) is 2.21. The number of hydrogen-bond acceptors (Lipinski definition) is 4. The number of anilines is 1. The number of esters is 1. The standard InChI is InChI=1S/C15H22N2O2/c1-19-15(18)11-14(16)12-6-5-7-13(10-12)17-8-3-2-4-9-17/h5-7,10,14H,2-4,8-9,11,16H2,1H3. The van der Waals surface area contributed by atoms with Gasteiger partial charge in [0.15, 0.2) is 0 Å². The van der Waals surface area contributed by atoms with Crippen molar-refractivity contribution in [1.82, 2.24) is 0 Å². The molecule has 0 amide bonds. The van der Waals surface area contributed by atoms with E-state index in [2.05, 4.69) is 21.8 Å². The molecular weight excluding hydrogens is 240 g/mol. The van der Waals surface area contributed by atoms with Gasteiger partial charge in [0, 0.05) is 24.8 Å². The van der Waals surface area contributed by atoms with E-state index >= 15 is 0 Å². The first-order chi connectivity index (χ1) is 9.20. The van der Waals surface area contributed by atoms with Gasteiger partial charge >= 0.3 is 5.97 Å². The van der Waals surface area contributed by atoms with Gasteiger partial charge in [0.2, 0.25) is 0 Å². The maximum atomic E-state index is 11.3. The van der Waals surface area contributed by atoms with Crippen LogP contribution in [0.4, 0.5) is 5.69 Å². The highest BCUT2D eigenvalue weighted by atomic mass is 16.5. The van der Waals surface area contributed by atoms with Crippen LogP contribution in [0.5, 0.6) is 0 Å². The summed E-state index contributed by atoms with van der Waals surface area (Å²) >= 11 is 0. The van der Waals surface area contributed by atoms with Crippen molar-refractivity contribution in [2.75, 3.05) is 25.1 Å². The van der Waals surface area contributed by atoms with Crippen LogP contribution in [0.2, 0.25) is 0 Å². The summed E-state index contributed by atoms with van der Waals surface area (Å²) in [6, 6.07) is 7.90. The largest absolute Gasteiger partial charge is 0.469 e. The lowest BCUT2D eigenvalue weighted by molar-refractivity contribution is -0.141. The second-order valence-electron chi connectivity index (χ2n) is 5.03. The molecule has 0 aliphatic carbocycles. The number of hydrogen-bond donors (Lipinski definition) is 1. The summed E-state index contributed by atoms with van der Waals surface area (Å²) in [5, 5.41) is 0. The molecule has 1 atom stereocenters. The van der Waals surface area contributed by atoms with Crippen LogP contribution < -0.4 is 10.6 Å². The summed E-state index contributed by atoms with van der Waals surface area (Å²) in [5.74, 6) is -0.268. The Balaban J connectivity index is 2.07. The Bertz CT molecular complexity index is 428. The quantitative estimate of drug-likeness (QED) is 0.845. The number of ether oxygens (including phenoxy) is 1. The van der Waals surface area contributed by atoms with E-state index in [9.17, 15) is 4.79 Å². The first-order valence-corrected chi connectivity index (χ1v) is 6.88. The second kappa shape index (κ2) is 6.57. The molecule has 4 nitrogen and oxygen atoms in total. The first kappa shape index (κ1) is 13.9. The third kappa shape index (κ3) is 3.70. The van der Waals surface area contributed by atoms with Gasteiger partial charge in [0.1, 0.15) is 0 Å². The first-order valence-electron chi connectivity index (χ1n) is 6.88. The van der Waals surface area contributed by atoms with Crippen LogP contribution in [-0.4, -0.2) is 26.2 Å². The van der Waals surface area contributed by atoms with E-state index in [1.807, 2.05) is 12.1 Å². The lowest BCUT2D eigenvalue weighted by atomic mass is 10.0. The van der Waals surface area contributed by atoms with Crippen molar-refractivity contribution in [2.45, 2.75) is 31.7 Å². The number of rotatable bonds is 4. The Morgan fingerprint density at radius 1 is 1.37 bits per heavy atom. The SMILES string of the molecule is COC(=O)CC(N)c1cccc(N2CCCCC2)c1. The van der Waals surface area contributed by atoms with Crippen molar-refractivity contribution in [3.05, 3.63) is 29.8 Å². The number of nitrogens with zero attached hydrogens (tertiary/aromatic N) is 1. The van der Waals surface area contributed by atoms with Gasteiger partial charge in [-0.05, 0) is 37.0 Å². The number of carbonyl (C=O) groups excluding carboxylic acids is 1. The summed E-state index contributed by atoms with van der Waals surface area (Å²) < 4.78 is 4.66. The Hall–Kier alpha value is -1.55. The summed E-state index contributed by atoms with van der Waals surface area (Å²) in [5.41, 5.74) is 8.25. The molecule has 2 rings (SSSR count). The minimum absolute atomic E-state index is 0.222. The molecule has 0 spiro atoms. The molecule has 1 saturated heterocycles. The van der Waals surface area contributed by atoms with Crippen molar-refractivity contribution in [1.29, 1.82) is 0 Å². The Morgan fingerprint density at radius 2 is 2.11 bits per heavy atom. The van der Waals surface area contributed by atoms with E-state index in [4.69, 9.17) is 5.73 Å². The molecule has 1 aliphatic heterocycles. The van der Waals surface area contributed by atoms with Crippen LogP contribution in [0, 0.1) is 0 Å². The molecule has 19 heavy (non-hydrogen) atoms. The summed E-state index contributed by atoms with van der Waals surface area (Å²) in [4.78, 5) is 13.7. The van der Waals surface area contributed by atoms with Gasteiger partial charge < -0.3 is 15.4 Å². The van der Waals surface area contributed by atoms with Gasteiger partial charge in [-0.1, -0.05) is 12.1 Å². The maximum absolute atomic E-state index is 11.3. The molecule has 1 unspecified atom stereocenters. The van der Waals surface area contributed by atoms with E-state index in [0.29, 0.717) is 0 Å². The monoisotopic (exact) mass is 262 g/mol. The zero-order chi connectivity index (χ0) is 13.7. The highest BCUT2D eigenvalue weighted by molar-refractivity contribution is 5.70. The third-order valence-electron chi connectivity index (χ3n) is 3.63. The van der Waals surface area contributed by atoms with E-state index in [-0.39, 0.29) is 18.4 Å². The number of nitrogens with two attached hydrogens (primary N) is 1. The molecule has 1 aliphatic rings. The highest BCUT2D eigenvalue weighted by Crippen LogP contribution is 2.24. The predicted octanol–water partition coefficient (Wildman–Crippen LogP) is 2.24. The Kier molecular flexibility index (Phi) is 4.80. The average molecular weight is 262 g/mol. The van der Waals surface area contributed by atoms with Gasteiger partial charge in [-0.15, -0.1) is 0 Å². The molecule has 2 N–H and O–H groups in total. The molecule has 0 saturated carbocycles. The fourth-order valence-corrected chi connectivity index (χ4v) is 2.48. The summed E-state index contributed by atoms with van der Waals surface area (Å²) in [7, 11) is 1.39. The van der Waals surface area contributed by atoms with Crippen molar-refractivity contribution in [3.8, 4) is 0 Å². The molecule has 1 aromatic carbocycles. The Labute approximate surface area is 114 Å². The van der Waals surface area contributed by atoms with Crippen LogP contribution in [0.1, 0.15) is 37.3 Å². The van der Waals surface area contributed by atoms with E-state index in [0.717, 1.165) is 18.7 Å². The molecule has 104 valence electrons. The lowest BCUT2D eigenvalue weighted by Gasteiger charge is -2.29. The average Bonchev–Trinajstić information content (AvgIpc) is 2.48. The highest BCUT2D eigenvalue weighted by Gasteiger charge is 2.15. The van der Waals surface area contributed by atoms with Crippen LogP contribution in [-0.2, 0) is 9.53 Å². The van der Waals surface area contributed by atoms with Crippen molar-refractivity contribution in [3.63, 3.8) is 0 Å². The molecule has 4 heteroatoms. The molecule has 0 bridgehead atoms. The summed E-state index contributed by atoms with van der Waals surface area (Å²) in [6.07, 6.45) is 4.04. The normalized spacial score (nSPS) is 17.1. The van der Waals surface area contributed by atoms with Crippen LogP contribution in [0.15, 0.2) is 24.3 Å². The van der Waals surface area contributed by atoms with Gasteiger partial charge in [-0.25, -0.2) is 0 Å². The van der Waals surface area contributed by atoms with Crippen LogP contribution >= 0.6 is 0 Å². The fourth-order valence-electron chi connectivity index (χ4n) is 2.48. The Morgan fingerprint density at radius 3 is 2.79 bits per heavy atom. The topological polar surface area (TPSA) is 55.6 Å². The number of carbonyl (C=O) groups is 1. The molecule has 0 radical (unpaired) electrons. The number of piperidine rings is 1. The molecule has 1 aromatic rings. The molecular formula is C15H22N2O2. The molecule has 1 heterocycles. The van der Waals surface area contributed by atoms with Crippen molar-refractivity contribution in [2.24, 2.45) is 5.73 Å². The van der Waals surface area contributed by atoms with Crippen LogP contribution in [0.3, 0.4) is 0 Å². The smallest absolute Gasteiger partial charge is 0.307 e. The number of methoxy groups -OCH3 is 1. The number of benzene rings is 1. The van der Waals surface area contributed by atoms with Gasteiger partial charge in [0.25, 0.3) is 0 Å². The third-order valence-corrected chi connectivity index (χ3v) is 3.63. The predicted molar refractivity (Wildman–Crippen MR) is 76.1 cm³/mol. The van der Waals surface area contributed by atoms with Gasteiger partial charge in [0.05, 0.1) is 13.5 Å². The fraction of sp³-hybridized carbons (Fsp3) is 0.533. The van der Waals surface area contributed by atoms with Crippen LogP contribution in [0.25, 0.3) is 0 Å². The van der Waals surface area contributed by atoms with Crippen molar-refractivity contribution >= 4 is 11.7 Å². The van der Waals surface area contributed by atoms with E-state index in [1.165, 1.54) is 32.1 Å². The van der Waals surface area contributed by atoms with E-state index < -0.39 is 0 Å². The second-order valence-corrected chi connectivity index (χ2v) is 5.03. The minimum atomic E-state index is -0.294. The van der Waals surface area contributed by atoms with E-state index in [1.54, 1.807) is 0 Å². The van der Waals surface area contributed by atoms with Gasteiger partial charge in [-0.3, -0.25) is 4.79 Å². The molecule has 1 fully saturated rings.